The summed E-state index contributed by atoms with van der Waals surface area (Å²) in [6.07, 6.45) is 4.38. The number of hydrogen-bond donors (Lipinski definition) is 2. The van der Waals surface area contributed by atoms with Gasteiger partial charge in [0.2, 0.25) is 0 Å². The average Bonchev–Trinajstić information content (AvgIpc) is 2.78. The summed E-state index contributed by atoms with van der Waals surface area (Å²) in [5.74, 6) is 0. The maximum atomic E-state index is 12.4. The van der Waals surface area contributed by atoms with Crippen LogP contribution < -0.4 is 5.73 Å². The Labute approximate surface area is 101 Å². The van der Waals surface area contributed by atoms with Crippen molar-refractivity contribution in [1.29, 1.82) is 0 Å². The van der Waals surface area contributed by atoms with Gasteiger partial charge in [0.15, 0.2) is 5.03 Å². The quantitative estimate of drug-likeness (QED) is 0.822. The lowest BCUT2D eigenvalue weighted by atomic mass is 10.1. The van der Waals surface area contributed by atoms with E-state index < -0.39 is 10.0 Å². The fourth-order valence-corrected chi connectivity index (χ4v) is 4.03. The predicted molar refractivity (Wildman–Crippen MR) is 63.7 cm³/mol. The fourth-order valence-electron chi connectivity index (χ4n) is 2.21. The summed E-state index contributed by atoms with van der Waals surface area (Å²) in [6, 6.07) is 0.0441. The van der Waals surface area contributed by atoms with Crippen LogP contribution in [0.2, 0.25) is 0 Å². The van der Waals surface area contributed by atoms with Crippen molar-refractivity contribution < 1.29 is 8.42 Å². The number of rotatable bonds is 3. The Morgan fingerprint density at radius 1 is 1.59 bits per heavy atom. The molecule has 17 heavy (non-hydrogen) atoms. The molecule has 0 bridgehead atoms. The summed E-state index contributed by atoms with van der Waals surface area (Å²) in [4.78, 5) is 0. The van der Waals surface area contributed by atoms with Crippen LogP contribution in [0.3, 0.4) is 0 Å². The van der Waals surface area contributed by atoms with Gasteiger partial charge in [0.1, 0.15) is 0 Å². The second-order valence-corrected chi connectivity index (χ2v) is 6.22. The molecule has 2 heterocycles. The molecule has 0 spiro atoms. The molecule has 3 N–H and O–H groups in total. The van der Waals surface area contributed by atoms with Gasteiger partial charge in [-0.2, -0.15) is 9.40 Å². The molecule has 6 nitrogen and oxygen atoms in total. The standard InChI is InChI=1S/C10H18N4O2S/c1-8-4-2-3-5-14(8)17(15,16)10-9(6-11)7-12-13-10/h7-8H,2-6,11H2,1H3,(H,12,13). The Hall–Kier alpha value is -0.920. The third-order valence-electron chi connectivity index (χ3n) is 3.21. The number of piperidine rings is 1. The molecule has 1 aromatic heterocycles. The van der Waals surface area contributed by atoms with Crippen LogP contribution in [0, 0.1) is 0 Å². The molecule has 1 saturated heterocycles. The first-order chi connectivity index (χ1) is 8.07. The minimum atomic E-state index is -3.48. The van der Waals surface area contributed by atoms with Crippen molar-refractivity contribution >= 4 is 10.0 Å². The molecule has 1 atom stereocenters. The zero-order valence-electron chi connectivity index (χ0n) is 9.89. The van der Waals surface area contributed by atoms with E-state index in [1.165, 1.54) is 6.20 Å². The van der Waals surface area contributed by atoms with Crippen LogP contribution in [0.15, 0.2) is 11.2 Å². The van der Waals surface area contributed by atoms with E-state index in [0.717, 1.165) is 19.3 Å². The molecule has 0 radical (unpaired) electrons. The Balaban J connectivity index is 2.35. The van der Waals surface area contributed by atoms with Gasteiger partial charge < -0.3 is 5.73 Å². The van der Waals surface area contributed by atoms with Gasteiger partial charge in [-0.1, -0.05) is 6.42 Å². The molecule has 0 amide bonds. The van der Waals surface area contributed by atoms with Crippen molar-refractivity contribution in [2.24, 2.45) is 5.73 Å². The van der Waals surface area contributed by atoms with Crippen LogP contribution in [0.25, 0.3) is 0 Å². The van der Waals surface area contributed by atoms with Gasteiger partial charge in [-0.25, -0.2) is 8.42 Å². The van der Waals surface area contributed by atoms with Crippen LogP contribution in [0.5, 0.6) is 0 Å². The molecule has 1 aromatic rings. The molecule has 7 heteroatoms. The van der Waals surface area contributed by atoms with Gasteiger partial charge in [0.05, 0.1) is 6.20 Å². The first kappa shape index (κ1) is 12.5. The number of aromatic amines is 1. The van der Waals surface area contributed by atoms with Crippen molar-refractivity contribution in [3.05, 3.63) is 11.8 Å². The van der Waals surface area contributed by atoms with E-state index in [2.05, 4.69) is 10.2 Å². The second-order valence-electron chi connectivity index (χ2n) is 4.39. The third kappa shape index (κ3) is 2.22. The normalized spacial score (nSPS) is 22.8. The van der Waals surface area contributed by atoms with E-state index in [9.17, 15) is 8.42 Å². The van der Waals surface area contributed by atoms with Crippen LogP contribution in [-0.2, 0) is 16.6 Å². The summed E-state index contributed by atoms with van der Waals surface area (Å²) in [6.45, 7) is 2.69. The Kier molecular flexibility index (Phi) is 3.50. The predicted octanol–water partition coefficient (Wildman–Crippen LogP) is 0.432. The molecule has 0 saturated carbocycles. The minimum absolute atomic E-state index is 0.0441. The Morgan fingerprint density at radius 2 is 2.35 bits per heavy atom. The fraction of sp³-hybridized carbons (Fsp3) is 0.700. The second kappa shape index (κ2) is 4.75. The topological polar surface area (TPSA) is 92.1 Å². The maximum Gasteiger partial charge on any atom is 0.260 e. The summed E-state index contributed by atoms with van der Waals surface area (Å²) in [5.41, 5.74) is 6.06. The molecular formula is C10H18N4O2S. The van der Waals surface area contributed by atoms with Gasteiger partial charge >= 0.3 is 0 Å². The van der Waals surface area contributed by atoms with Crippen molar-refractivity contribution in [3.8, 4) is 0 Å². The largest absolute Gasteiger partial charge is 0.326 e. The molecule has 96 valence electrons. The summed E-state index contributed by atoms with van der Waals surface area (Å²) in [7, 11) is -3.48. The zero-order chi connectivity index (χ0) is 12.5. The van der Waals surface area contributed by atoms with Crippen LogP contribution in [0.1, 0.15) is 31.7 Å². The molecule has 1 aliphatic rings. The molecule has 1 fully saturated rings. The number of H-pyrrole nitrogens is 1. The van der Waals surface area contributed by atoms with Crippen LogP contribution in [0.4, 0.5) is 0 Å². The first-order valence-electron chi connectivity index (χ1n) is 5.81. The smallest absolute Gasteiger partial charge is 0.260 e. The van der Waals surface area contributed by atoms with Crippen molar-refractivity contribution in [2.45, 2.75) is 43.8 Å². The van der Waals surface area contributed by atoms with E-state index in [-0.39, 0.29) is 17.6 Å². The van der Waals surface area contributed by atoms with Gasteiger partial charge in [0, 0.05) is 24.7 Å². The Morgan fingerprint density at radius 3 is 3.00 bits per heavy atom. The highest BCUT2D eigenvalue weighted by atomic mass is 32.2. The monoisotopic (exact) mass is 258 g/mol. The summed E-state index contributed by atoms with van der Waals surface area (Å²) >= 11 is 0. The molecule has 0 aliphatic carbocycles. The molecule has 1 unspecified atom stereocenters. The Bertz CT molecular complexity index is 482. The summed E-state index contributed by atoms with van der Waals surface area (Å²) < 4.78 is 26.4. The molecule has 0 aromatic carbocycles. The van der Waals surface area contributed by atoms with E-state index in [0.29, 0.717) is 12.1 Å². The van der Waals surface area contributed by atoms with E-state index in [1.807, 2.05) is 6.92 Å². The van der Waals surface area contributed by atoms with Crippen LogP contribution in [-0.4, -0.2) is 35.5 Å². The molecular weight excluding hydrogens is 240 g/mol. The van der Waals surface area contributed by atoms with Crippen LogP contribution >= 0.6 is 0 Å². The lowest BCUT2D eigenvalue weighted by Gasteiger charge is -2.31. The average molecular weight is 258 g/mol. The summed E-state index contributed by atoms with van der Waals surface area (Å²) in [5, 5.41) is 6.47. The number of nitrogens with one attached hydrogen (secondary N) is 1. The number of hydrogen-bond acceptors (Lipinski definition) is 4. The SMILES string of the molecule is CC1CCCCN1S(=O)(=O)c1[nH]ncc1CN. The number of nitrogens with zero attached hydrogens (tertiary/aromatic N) is 2. The number of nitrogens with two attached hydrogens (primary N) is 1. The van der Waals surface area contributed by atoms with Crippen molar-refractivity contribution in [1.82, 2.24) is 14.5 Å². The van der Waals surface area contributed by atoms with Gasteiger partial charge in [-0.15, -0.1) is 0 Å². The zero-order valence-corrected chi connectivity index (χ0v) is 10.7. The number of sulfonamides is 1. The van der Waals surface area contributed by atoms with Gasteiger partial charge in [-0.05, 0) is 19.8 Å². The third-order valence-corrected chi connectivity index (χ3v) is 5.24. The number of aromatic nitrogens is 2. The minimum Gasteiger partial charge on any atom is -0.326 e. The highest BCUT2D eigenvalue weighted by molar-refractivity contribution is 7.89. The molecule has 1 aliphatic heterocycles. The van der Waals surface area contributed by atoms with Crippen molar-refractivity contribution in [3.63, 3.8) is 0 Å². The van der Waals surface area contributed by atoms with Crippen molar-refractivity contribution in [2.75, 3.05) is 6.54 Å². The van der Waals surface area contributed by atoms with E-state index in [4.69, 9.17) is 5.73 Å². The van der Waals surface area contributed by atoms with E-state index >= 15 is 0 Å². The molecule has 2 rings (SSSR count). The lowest BCUT2D eigenvalue weighted by Crippen LogP contribution is -2.42. The lowest BCUT2D eigenvalue weighted by molar-refractivity contribution is 0.268. The van der Waals surface area contributed by atoms with E-state index in [1.54, 1.807) is 4.31 Å². The maximum absolute atomic E-state index is 12.4. The van der Waals surface area contributed by atoms with Gasteiger partial charge in [0.25, 0.3) is 10.0 Å². The van der Waals surface area contributed by atoms with Gasteiger partial charge in [-0.3, -0.25) is 5.10 Å². The highest BCUT2D eigenvalue weighted by Gasteiger charge is 2.33. The first-order valence-corrected chi connectivity index (χ1v) is 7.25. The highest BCUT2D eigenvalue weighted by Crippen LogP contribution is 2.25.